The molecule has 27 heavy (non-hydrogen) atoms. The topological polar surface area (TPSA) is 33.7 Å². The molecular formula is C23H30N2O2. The molecule has 1 aromatic carbocycles. The Kier molecular flexibility index (Phi) is 2.90. The molecule has 0 amide bonds. The number of nitrogens with zero attached hydrogens (tertiary/aromatic N) is 1. The zero-order chi connectivity index (χ0) is 17.8. The zero-order valence-electron chi connectivity index (χ0n) is 16.3. The van der Waals surface area contributed by atoms with E-state index < -0.39 is 0 Å². The molecule has 5 fully saturated rings. The maximum Gasteiger partial charge on any atom is 0.165 e. The van der Waals surface area contributed by atoms with Crippen LogP contribution in [-0.4, -0.2) is 49.8 Å². The summed E-state index contributed by atoms with van der Waals surface area (Å²) >= 11 is 0. The van der Waals surface area contributed by atoms with Gasteiger partial charge in [-0.25, -0.2) is 0 Å². The molecule has 4 heteroatoms. The Morgan fingerprint density at radius 1 is 1.22 bits per heavy atom. The fourth-order valence-electron chi connectivity index (χ4n) is 8.05. The highest BCUT2D eigenvalue weighted by Gasteiger charge is 2.73. The van der Waals surface area contributed by atoms with Crippen LogP contribution in [-0.2, 0) is 11.8 Å². The summed E-state index contributed by atoms with van der Waals surface area (Å²) in [6, 6.07) is 5.71. The van der Waals surface area contributed by atoms with Gasteiger partial charge < -0.3 is 14.8 Å². The number of benzene rings is 1. The third-order valence-electron chi connectivity index (χ3n) is 9.21. The molecule has 7 aliphatic rings. The number of piperidine rings is 1. The van der Waals surface area contributed by atoms with E-state index in [4.69, 9.17) is 9.47 Å². The molecule has 3 saturated heterocycles. The standard InChI is InChI=1S/C23H30N2O2/c1-26-17-5-4-15-12-18-22-7-6-16(24-10-8-22)21-23(22,19(15)20(17)27-21)9-11-25(18)13-14-2-3-14/h4-5,14,16,18,21,24H,2-3,6-13H2,1H3/t16-,18-,21+,22-,23+/m1/s1. The number of hydrogen-bond donors (Lipinski definition) is 1. The molecule has 2 spiro atoms. The minimum Gasteiger partial charge on any atom is -0.493 e. The van der Waals surface area contributed by atoms with Crippen LogP contribution in [0.25, 0.3) is 0 Å². The highest BCUT2D eigenvalue weighted by Crippen LogP contribution is 2.71. The third-order valence-corrected chi connectivity index (χ3v) is 9.21. The molecule has 1 aromatic rings. The van der Waals surface area contributed by atoms with E-state index in [1.54, 1.807) is 18.2 Å². The maximum atomic E-state index is 6.83. The average Bonchev–Trinajstić information content (AvgIpc) is 3.47. The lowest BCUT2D eigenvalue weighted by molar-refractivity contribution is -0.125. The third kappa shape index (κ3) is 1.70. The monoisotopic (exact) mass is 366 g/mol. The molecule has 4 bridgehead atoms. The summed E-state index contributed by atoms with van der Waals surface area (Å²) < 4.78 is 12.6. The lowest BCUT2D eigenvalue weighted by atomic mass is 9.42. The fourth-order valence-corrected chi connectivity index (χ4v) is 8.05. The van der Waals surface area contributed by atoms with E-state index in [-0.39, 0.29) is 5.41 Å². The number of likely N-dealkylation sites (tertiary alicyclic amines) is 1. The molecule has 144 valence electrons. The van der Waals surface area contributed by atoms with Crippen LogP contribution in [0.4, 0.5) is 0 Å². The fraction of sp³-hybridized carbons (Fsp3) is 0.739. The van der Waals surface area contributed by atoms with Crippen LogP contribution in [0, 0.1) is 11.3 Å². The van der Waals surface area contributed by atoms with Gasteiger partial charge >= 0.3 is 0 Å². The van der Waals surface area contributed by atoms with E-state index in [9.17, 15) is 0 Å². The molecule has 2 saturated carbocycles. The van der Waals surface area contributed by atoms with Crippen LogP contribution in [0.3, 0.4) is 0 Å². The molecule has 1 N–H and O–H groups in total. The minimum atomic E-state index is 0.210. The molecule has 8 rings (SSSR count). The summed E-state index contributed by atoms with van der Waals surface area (Å²) in [4.78, 5) is 2.91. The Morgan fingerprint density at radius 3 is 3.00 bits per heavy atom. The molecule has 4 heterocycles. The van der Waals surface area contributed by atoms with E-state index in [0.717, 1.165) is 24.0 Å². The number of hydrogen-bond acceptors (Lipinski definition) is 4. The first-order chi connectivity index (χ1) is 13.3. The van der Waals surface area contributed by atoms with Gasteiger partial charge in [-0.2, -0.15) is 0 Å². The molecule has 0 radical (unpaired) electrons. The van der Waals surface area contributed by atoms with Crippen molar-refractivity contribution in [1.29, 1.82) is 0 Å². The minimum absolute atomic E-state index is 0.210. The number of ether oxygens (including phenoxy) is 2. The van der Waals surface area contributed by atoms with Gasteiger partial charge in [0.15, 0.2) is 11.5 Å². The van der Waals surface area contributed by atoms with Crippen molar-refractivity contribution in [3.63, 3.8) is 0 Å². The van der Waals surface area contributed by atoms with Gasteiger partial charge in [0, 0.05) is 35.0 Å². The second-order valence-corrected chi connectivity index (χ2v) is 10.1. The SMILES string of the molecule is COc1ccc2c3c1O[C@H]1[C@H]4CC[C@@]5(CCN4)[C@@H](C2)N(CC2CC2)CC[C@]315. The van der Waals surface area contributed by atoms with Crippen molar-refractivity contribution in [2.75, 3.05) is 26.7 Å². The molecule has 0 unspecified atom stereocenters. The van der Waals surface area contributed by atoms with Crippen molar-refractivity contribution >= 4 is 0 Å². The molecule has 4 aliphatic heterocycles. The molecule has 5 atom stereocenters. The van der Waals surface area contributed by atoms with Crippen molar-refractivity contribution in [3.05, 3.63) is 23.3 Å². The van der Waals surface area contributed by atoms with Crippen molar-refractivity contribution in [1.82, 2.24) is 10.2 Å². The van der Waals surface area contributed by atoms with Crippen LogP contribution >= 0.6 is 0 Å². The van der Waals surface area contributed by atoms with Crippen LogP contribution in [0.2, 0.25) is 0 Å². The van der Waals surface area contributed by atoms with Gasteiger partial charge in [0.05, 0.1) is 7.11 Å². The van der Waals surface area contributed by atoms with Crippen LogP contribution in [0.5, 0.6) is 11.5 Å². The second-order valence-electron chi connectivity index (χ2n) is 10.1. The van der Waals surface area contributed by atoms with Crippen molar-refractivity contribution < 1.29 is 9.47 Å². The summed E-state index contributed by atoms with van der Waals surface area (Å²) in [5, 5.41) is 3.89. The van der Waals surface area contributed by atoms with Gasteiger partial charge in [-0.1, -0.05) is 6.07 Å². The summed E-state index contributed by atoms with van der Waals surface area (Å²) in [5.41, 5.74) is 3.70. The first-order valence-electron chi connectivity index (χ1n) is 11.1. The van der Waals surface area contributed by atoms with E-state index in [2.05, 4.69) is 22.3 Å². The average molecular weight is 367 g/mol. The second kappa shape index (κ2) is 5.01. The molecule has 0 aromatic heterocycles. The summed E-state index contributed by atoms with van der Waals surface area (Å²) in [5.74, 6) is 3.01. The predicted octanol–water partition coefficient (Wildman–Crippen LogP) is 2.88. The van der Waals surface area contributed by atoms with Crippen LogP contribution in [0.15, 0.2) is 12.1 Å². The van der Waals surface area contributed by atoms with E-state index in [0.29, 0.717) is 23.6 Å². The molecular weight excluding hydrogens is 336 g/mol. The first kappa shape index (κ1) is 15.6. The Labute approximate surface area is 161 Å². The zero-order valence-corrected chi connectivity index (χ0v) is 16.3. The number of nitrogens with one attached hydrogen (secondary N) is 1. The van der Waals surface area contributed by atoms with E-state index in [1.165, 1.54) is 58.0 Å². The number of methoxy groups -OCH3 is 1. The van der Waals surface area contributed by atoms with Gasteiger partial charge in [-0.15, -0.1) is 0 Å². The Balaban J connectivity index is 1.48. The highest BCUT2D eigenvalue weighted by molar-refractivity contribution is 5.62. The van der Waals surface area contributed by atoms with Crippen molar-refractivity contribution in [2.24, 2.45) is 11.3 Å². The first-order valence-corrected chi connectivity index (χ1v) is 11.1. The highest BCUT2D eigenvalue weighted by atomic mass is 16.5. The van der Waals surface area contributed by atoms with Gasteiger partial charge in [-0.05, 0) is 75.6 Å². The lowest BCUT2D eigenvalue weighted by Crippen LogP contribution is -2.72. The molecule has 4 nitrogen and oxygen atoms in total. The Morgan fingerprint density at radius 2 is 2.15 bits per heavy atom. The van der Waals surface area contributed by atoms with Gasteiger partial charge in [-0.3, -0.25) is 4.90 Å². The quantitative estimate of drug-likeness (QED) is 0.892. The number of rotatable bonds is 3. The number of fused-ring (bicyclic) bond motifs is 3. The Bertz CT molecular complexity index is 817. The van der Waals surface area contributed by atoms with Crippen LogP contribution in [0.1, 0.15) is 49.7 Å². The van der Waals surface area contributed by atoms with Gasteiger partial charge in [0.1, 0.15) is 6.10 Å². The summed E-state index contributed by atoms with van der Waals surface area (Å²) in [6.07, 6.45) is 9.63. The van der Waals surface area contributed by atoms with Gasteiger partial charge in [0.25, 0.3) is 0 Å². The van der Waals surface area contributed by atoms with Crippen LogP contribution < -0.4 is 14.8 Å². The Hall–Kier alpha value is -1.26. The lowest BCUT2D eigenvalue weighted by Gasteiger charge is -2.66. The van der Waals surface area contributed by atoms with Crippen molar-refractivity contribution in [3.8, 4) is 11.5 Å². The van der Waals surface area contributed by atoms with E-state index in [1.807, 2.05) is 0 Å². The van der Waals surface area contributed by atoms with Crippen molar-refractivity contribution in [2.45, 2.75) is 68.5 Å². The smallest absolute Gasteiger partial charge is 0.165 e. The summed E-state index contributed by atoms with van der Waals surface area (Å²) in [7, 11) is 1.79. The molecule has 3 aliphatic carbocycles. The predicted molar refractivity (Wildman–Crippen MR) is 104 cm³/mol. The largest absolute Gasteiger partial charge is 0.493 e. The van der Waals surface area contributed by atoms with E-state index >= 15 is 0 Å². The normalized spacial score (nSPS) is 43.8. The summed E-state index contributed by atoms with van der Waals surface area (Å²) in [6.45, 7) is 3.75. The maximum absolute atomic E-state index is 6.83. The van der Waals surface area contributed by atoms with Gasteiger partial charge in [0.2, 0.25) is 0 Å².